The Balaban J connectivity index is 2.72. The Hall–Kier alpha value is -1.42. The molecule has 0 amide bonds. The van der Waals surface area contributed by atoms with E-state index in [1.165, 1.54) is 16.7 Å². The number of anilines is 1. The summed E-state index contributed by atoms with van der Waals surface area (Å²) in [6, 6.07) is 4.29. The number of aryl methyl sites for hydroxylation is 3. The zero-order valence-electron chi connectivity index (χ0n) is 10.1. The predicted molar refractivity (Wildman–Crippen MR) is 73.8 cm³/mol. The summed E-state index contributed by atoms with van der Waals surface area (Å²) in [6.45, 7) is 6.26. The third-order valence-corrected chi connectivity index (χ3v) is 3.26. The molecule has 0 radical (unpaired) electrons. The lowest BCUT2D eigenvalue weighted by molar-refractivity contribution is 1.16. The van der Waals surface area contributed by atoms with Crippen molar-refractivity contribution in [1.29, 1.82) is 0 Å². The van der Waals surface area contributed by atoms with Crippen molar-refractivity contribution in [3.8, 4) is 11.3 Å². The highest BCUT2D eigenvalue weighted by atomic mass is 79.9. The van der Waals surface area contributed by atoms with Crippen molar-refractivity contribution in [1.82, 2.24) is 9.97 Å². The Morgan fingerprint density at radius 1 is 1.12 bits per heavy atom. The van der Waals surface area contributed by atoms with Gasteiger partial charge in [0.15, 0.2) is 0 Å². The van der Waals surface area contributed by atoms with Crippen molar-refractivity contribution in [3.05, 3.63) is 39.5 Å². The van der Waals surface area contributed by atoms with Gasteiger partial charge in [0.1, 0.15) is 0 Å². The molecular formula is C13H14BrN3. The van der Waals surface area contributed by atoms with Gasteiger partial charge in [-0.3, -0.25) is 0 Å². The van der Waals surface area contributed by atoms with Crippen LogP contribution in [0, 0.1) is 20.8 Å². The summed E-state index contributed by atoms with van der Waals surface area (Å²) in [7, 11) is 0. The van der Waals surface area contributed by atoms with Crippen LogP contribution in [-0.2, 0) is 0 Å². The summed E-state index contributed by atoms with van der Waals surface area (Å²) < 4.78 is 0.863. The summed E-state index contributed by atoms with van der Waals surface area (Å²) in [5.41, 5.74) is 11.3. The van der Waals surface area contributed by atoms with Crippen molar-refractivity contribution in [3.63, 3.8) is 0 Å². The second-order valence-electron chi connectivity index (χ2n) is 4.20. The van der Waals surface area contributed by atoms with Crippen LogP contribution in [0.15, 0.2) is 22.8 Å². The van der Waals surface area contributed by atoms with E-state index in [4.69, 9.17) is 5.73 Å². The molecule has 2 N–H and O–H groups in total. The smallest absolute Gasteiger partial charge is 0.220 e. The van der Waals surface area contributed by atoms with Gasteiger partial charge in [0.05, 0.1) is 10.2 Å². The number of aromatic nitrogens is 2. The average molecular weight is 292 g/mol. The Bertz CT molecular complexity index is 556. The largest absolute Gasteiger partial charge is 0.368 e. The first kappa shape index (κ1) is 12.0. The van der Waals surface area contributed by atoms with Gasteiger partial charge in [-0.2, -0.15) is 0 Å². The molecule has 0 fully saturated rings. The van der Waals surface area contributed by atoms with E-state index >= 15 is 0 Å². The van der Waals surface area contributed by atoms with E-state index in [1.807, 2.05) is 0 Å². The minimum absolute atomic E-state index is 0.294. The lowest BCUT2D eigenvalue weighted by Gasteiger charge is -2.12. The first-order valence-corrected chi connectivity index (χ1v) is 6.14. The molecule has 1 aromatic carbocycles. The number of hydrogen-bond donors (Lipinski definition) is 1. The summed E-state index contributed by atoms with van der Waals surface area (Å²) >= 11 is 3.47. The van der Waals surface area contributed by atoms with Gasteiger partial charge in [0.25, 0.3) is 0 Å². The van der Waals surface area contributed by atoms with Crippen LogP contribution < -0.4 is 5.73 Å². The van der Waals surface area contributed by atoms with Crippen LogP contribution in [-0.4, -0.2) is 9.97 Å². The molecular weight excluding hydrogens is 278 g/mol. The SMILES string of the molecule is Cc1cc(C)c(-c2nc(N)ncc2Br)c(C)c1. The van der Waals surface area contributed by atoms with Crippen LogP contribution >= 0.6 is 15.9 Å². The second-order valence-corrected chi connectivity index (χ2v) is 5.05. The maximum absolute atomic E-state index is 5.65. The summed E-state index contributed by atoms with van der Waals surface area (Å²) in [5, 5.41) is 0. The average Bonchev–Trinajstić information content (AvgIpc) is 2.21. The first-order valence-electron chi connectivity index (χ1n) is 5.35. The molecule has 0 saturated heterocycles. The topological polar surface area (TPSA) is 51.8 Å². The van der Waals surface area contributed by atoms with Crippen LogP contribution in [0.2, 0.25) is 0 Å². The molecule has 1 aromatic heterocycles. The van der Waals surface area contributed by atoms with E-state index in [0.29, 0.717) is 5.95 Å². The number of nitrogens with zero attached hydrogens (tertiary/aromatic N) is 2. The number of benzene rings is 1. The first-order chi connectivity index (χ1) is 7.99. The number of halogens is 1. The maximum Gasteiger partial charge on any atom is 0.220 e. The van der Waals surface area contributed by atoms with Crippen molar-refractivity contribution < 1.29 is 0 Å². The maximum atomic E-state index is 5.65. The summed E-state index contributed by atoms with van der Waals surface area (Å²) in [6.07, 6.45) is 1.69. The molecule has 0 spiro atoms. The van der Waals surface area contributed by atoms with Crippen LogP contribution in [0.1, 0.15) is 16.7 Å². The van der Waals surface area contributed by atoms with Crippen molar-refractivity contribution in [2.24, 2.45) is 0 Å². The monoisotopic (exact) mass is 291 g/mol. The molecule has 1 heterocycles. The van der Waals surface area contributed by atoms with E-state index in [0.717, 1.165) is 15.7 Å². The standard InChI is InChI=1S/C13H14BrN3/c1-7-4-8(2)11(9(3)5-7)12-10(14)6-16-13(15)17-12/h4-6H,1-3H3,(H2,15,16,17). The van der Waals surface area contributed by atoms with Crippen molar-refractivity contribution in [2.75, 3.05) is 5.73 Å². The fraction of sp³-hybridized carbons (Fsp3) is 0.231. The van der Waals surface area contributed by atoms with E-state index in [-0.39, 0.29) is 0 Å². The molecule has 0 atom stereocenters. The number of nitrogens with two attached hydrogens (primary N) is 1. The molecule has 4 heteroatoms. The Labute approximate surface area is 109 Å². The van der Waals surface area contributed by atoms with Gasteiger partial charge in [0.2, 0.25) is 5.95 Å². The van der Waals surface area contributed by atoms with Gasteiger partial charge in [-0.1, -0.05) is 17.7 Å². The molecule has 2 aromatic rings. The molecule has 0 aliphatic rings. The summed E-state index contributed by atoms with van der Waals surface area (Å²) in [5.74, 6) is 0.294. The Kier molecular flexibility index (Phi) is 3.15. The number of rotatable bonds is 1. The van der Waals surface area contributed by atoms with Crippen molar-refractivity contribution >= 4 is 21.9 Å². The van der Waals surface area contributed by atoms with E-state index in [1.54, 1.807) is 6.20 Å². The molecule has 88 valence electrons. The predicted octanol–water partition coefficient (Wildman–Crippen LogP) is 3.41. The fourth-order valence-electron chi connectivity index (χ4n) is 2.11. The van der Waals surface area contributed by atoms with E-state index < -0.39 is 0 Å². The van der Waals surface area contributed by atoms with E-state index in [2.05, 4.69) is 58.8 Å². The zero-order chi connectivity index (χ0) is 12.6. The molecule has 0 aliphatic carbocycles. The summed E-state index contributed by atoms with van der Waals surface area (Å²) in [4.78, 5) is 8.28. The van der Waals surface area contributed by atoms with Gasteiger partial charge in [-0.15, -0.1) is 0 Å². The Morgan fingerprint density at radius 2 is 1.71 bits per heavy atom. The molecule has 0 saturated carbocycles. The molecule has 0 aliphatic heterocycles. The van der Waals surface area contributed by atoms with Crippen LogP contribution in [0.5, 0.6) is 0 Å². The van der Waals surface area contributed by atoms with Crippen LogP contribution in [0.25, 0.3) is 11.3 Å². The minimum atomic E-state index is 0.294. The van der Waals surface area contributed by atoms with E-state index in [9.17, 15) is 0 Å². The molecule has 0 bridgehead atoms. The zero-order valence-corrected chi connectivity index (χ0v) is 11.7. The minimum Gasteiger partial charge on any atom is -0.368 e. The number of hydrogen-bond acceptors (Lipinski definition) is 3. The van der Waals surface area contributed by atoms with Crippen LogP contribution in [0.3, 0.4) is 0 Å². The molecule has 0 unspecified atom stereocenters. The lowest BCUT2D eigenvalue weighted by Crippen LogP contribution is -1.99. The van der Waals surface area contributed by atoms with Gasteiger partial charge < -0.3 is 5.73 Å². The van der Waals surface area contributed by atoms with Gasteiger partial charge in [-0.05, 0) is 47.8 Å². The van der Waals surface area contributed by atoms with Gasteiger partial charge in [-0.25, -0.2) is 9.97 Å². The molecule has 17 heavy (non-hydrogen) atoms. The number of nitrogen functional groups attached to an aromatic ring is 1. The second kappa shape index (κ2) is 4.45. The highest BCUT2D eigenvalue weighted by Gasteiger charge is 2.12. The Morgan fingerprint density at radius 3 is 2.29 bits per heavy atom. The molecule has 3 nitrogen and oxygen atoms in total. The van der Waals surface area contributed by atoms with Gasteiger partial charge in [0, 0.05) is 11.8 Å². The highest BCUT2D eigenvalue weighted by molar-refractivity contribution is 9.10. The quantitative estimate of drug-likeness (QED) is 0.876. The third-order valence-electron chi connectivity index (χ3n) is 2.68. The van der Waals surface area contributed by atoms with Gasteiger partial charge >= 0.3 is 0 Å². The lowest BCUT2D eigenvalue weighted by atomic mass is 9.97. The fourth-order valence-corrected chi connectivity index (χ4v) is 2.50. The molecule has 2 rings (SSSR count). The van der Waals surface area contributed by atoms with Crippen LogP contribution in [0.4, 0.5) is 5.95 Å². The third kappa shape index (κ3) is 2.31. The van der Waals surface area contributed by atoms with Crippen molar-refractivity contribution in [2.45, 2.75) is 20.8 Å². The highest BCUT2D eigenvalue weighted by Crippen LogP contribution is 2.32. The normalized spacial score (nSPS) is 10.6.